The fourth-order valence-corrected chi connectivity index (χ4v) is 1.97. The zero-order valence-corrected chi connectivity index (χ0v) is 7.30. The van der Waals surface area contributed by atoms with Crippen molar-refractivity contribution in [2.75, 3.05) is 12.3 Å². The van der Waals surface area contributed by atoms with Gasteiger partial charge in [-0.25, -0.2) is 4.98 Å². The summed E-state index contributed by atoms with van der Waals surface area (Å²) in [6, 6.07) is 0. The lowest BCUT2D eigenvalue weighted by Gasteiger charge is -2.11. The molecule has 11 heavy (non-hydrogen) atoms. The van der Waals surface area contributed by atoms with Crippen LogP contribution in [0.1, 0.15) is 12.1 Å². The van der Waals surface area contributed by atoms with E-state index in [9.17, 15) is 0 Å². The number of hydrogen-bond acceptors (Lipinski definition) is 5. The SMILES string of the molecule is Nc1nc2c(s1)OCCC2=S. The van der Waals surface area contributed by atoms with E-state index in [2.05, 4.69) is 4.98 Å². The van der Waals surface area contributed by atoms with Gasteiger partial charge < -0.3 is 10.5 Å². The second kappa shape index (κ2) is 2.42. The summed E-state index contributed by atoms with van der Waals surface area (Å²) in [5.41, 5.74) is 6.26. The van der Waals surface area contributed by atoms with Gasteiger partial charge in [-0.3, -0.25) is 0 Å². The second-order valence-corrected chi connectivity index (χ2v) is 3.70. The molecule has 0 amide bonds. The Labute approximate surface area is 73.2 Å². The van der Waals surface area contributed by atoms with Gasteiger partial charge in [0.2, 0.25) is 5.06 Å². The molecule has 0 aromatic carbocycles. The van der Waals surface area contributed by atoms with Gasteiger partial charge in [-0.1, -0.05) is 23.6 Å². The van der Waals surface area contributed by atoms with Gasteiger partial charge in [-0.2, -0.15) is 0 Å². The van der Waals surface area contributed by atoms with Gasteiger partial charge in [0.25, 0.3) is 0 Å². The predicted molar refractivity (Wildman–Crippen MR) is 48.3 cm³/mol. The van der Waals surface area contributed by atoms with Crippen LogP contribution in [0.25, 0.3) is 0 Å². The van der Waals surface area contributed by atoms with Gasteiger partial charge in [0.1, 0.15) is 5.69 Å². The highest BCUT2D eigenvalue weighted by Crippen LogP contribution is 2.32. The molecule has 0 spiro atoms. The first-order chi connectivity index (χ1) is 5.27. The highest BCUT2D eigenvalue weighted by Gasteiger charge is 2.19. The third kappa shape index (κ3) is 1.10. The number of thiazole rings is 1. The second-order valence-electron chi connectivity index (χ2n) is 2.21. The van der Waals surface area contributed by atoms with Crippen LogP contribution in [0.2, 0.25) is 0 Å². The number of rotatable bonds is 0. The molecule has 1 aliphatic rings. The van der Waals surface area contributed by atoms with Crippen molar-refractivity contribution in [2.24, 2.45) is 0 Å². The van der Waals surface area contributed by atoms with Gasteiger partial charge in [-0.15, -0.1) is 0 Å². The summed E-state index contributed by atoms with van der Waals surface area (Å²) >= 11 is 6.43. The van der Waals surface area contributed by atoms with Crippen LogP contribution in [0.5, 0.6) is 5.06 Å². The predicted octanol–water partition coefficient (Wildman–Crippen LogP) is 1.23. The molecule has 2 N–H and O–H groups in total. The lowest BCUT2D eigenvalue weighted by molar-refractivity contribution is 0.330. The Morgan fingerprint density at radius 1 is 1.64 bits per heavy atom. The van der Waals surface area contributed by atoms with Gasteiger partial charge >= 0.3 is 0 Å². The van der Waals surface area contributed by atoms with Gasteiger partial charge in [0.15, 0.2) is 5.13 Å². The van der Waals surface area contributed by atoms with E-state index in [0.29, 0.717) is 11.7 Å². The molecule has 3 nitrogen and oxygen atoms in total. The molecule has 1 aliphatic heterocycles. The zero-order valence-electron chi connectivity index (χ0n) is 5.66. The minimum Gasteiger partial charge on any atom is -0.482 e. The average Bonchev–Trinajstić information content (AvgIpc) is 2.31. The van der Waals surface area contributed by atoms with Crippen molar-refractivity contribution in [3.8, 4) is 5.06 Å². The molecule has 1 aromatic rings. The fourth-order valence-electron chi connectivity index (χ4n) is 0.951. The summed E-state index contributed by atoms with van der Waals surface area (Å²) in [5, 5.41) is 1.30. The quantitative estimate of drug-likeness (QED) is 0.619. The average molecular weight is 186 g/mol. The Balaban J connectivity index is 2.52. The van der Waals surface area contributed by atoms with Crippen molar-refractivity contribution in [3.63, 3.8) is 0 Å². The largest absolute Gasteiger partial charge is 0.482 e. The van der Waals surface area contributed by atoms with E-state index in [1.807, 2.05) is 0 Å². The van der Waals surface area contributed by atoms with E-state index >= 15 is 0 Å². The summed E-state index contributed by atoms with van der Waals surface area (Å²) in [6.45, 7) is 0.660. The molecule has 0 atom stereocenters. The molecule has 2 rings (SSSR count). The van der Waals surface area contributed by atoms with Crippen LogP contribution in [0.4, 0.5) is 5.13 Å². The molecule has 5 heteroatoms. The topological polar surface area (TPSA) is 48.1 Å². The minimum absolute atomic E-state index is 0.527. The first-order valence-corrected chi connectivity index (χ1v) is 4.42. The first-order valence-electron chi connectivity index (χ1n) is 3.19. The smallest absolute Gasteiger partial charge is 0.204 e. The Kier molecular flexibility index (Phi) is 1.54. The lowest BCUT2D eigenvalue weighted by atomic mass is 10.2. The third-order valence-corrected chi connectivity index (χ3v) is 2.63. The summed E-state index contributed by atoms with van der Waals surface area (Å²) in [6.07, 6.45) is 0.783. The number of nitrogens with zero attached hydrogens (tertiary/aromatic N) is 1. The summed E-state index contributed by atoms with van der Waals surface area (Å²) < 4.78 is 5.30. The van der Waals surface area contributed by atoms with Crippen molar-refractivity contribution in [2.45, 2.75) is 6.42 Å². The van der Waals surface area contributed by atoms with Crippen LogP contribution in [-0.2, 0) is 0 Å². The number of ether oxygens (including phenoxy) is 1. The normalized spacial score (nSPS) is 15.8. The molecule has 1 aromatic heterocycles. The third-order valence-electron chi connectivity index (χ3n) is 1.44. The van der Waals surface area contributed by atoms with E-state index in [0.717, 1.165) is 22.0 Å². The molecular formula is C6H6N2OS2. The maximum Gasteiger partial charge on any atom is 0.204 e. The molecule has 58 valence electrons. The molecule has 0 aliphatic carbocycles. The number of thiocarbonyl (C=S) groups is 1. The summed E-state index contributed by atoms with van der Waals surface area (Å²) in [4.78, 5) is 4.92. The maximum absolute atomic E-state index is 5.49. The maximum atomic E-state index is 5.49. The molecule has 2 heterocycles. The highest BCUT2D eigenvalue weighted by atomic mass is 32.1. The Morgan fingerprint density at radius 2 is 2.45 bits per heavy atom. The Hall–Kier alpha value is -0.680. The van der Waals surface area contributed by atoms with Crippen molar-refractivity contribution in [3.05, 3.63) is 5.69 Å². The molecule has 0 bridgehead atoms. The van der Waals surface area contributed by atoms with E-state index < -0.39 is 0 Å². The van der Waals surface area contributed by atoms with Crippen LogP contribution < -0.4 is 10.5 Å². The number of hydrogen-bond donors (Lipinski definition) is 1. The van der Waals surface area contributed by atoms with Crippen LogP contribution in [0.15, 0.2) is 0 Å². The Bertz CT molecular complexity index is 308. The van der Waals surface area contributed by atoms with E-state index in [-0.39, 0.29) is 0 Å². The van der Waals surface area contributed by atoms with Crippen LogP contribution in [0.3, 0.4) is 0 Å². The van der Waals surface area contributed by atoms with Gasteiger partial charge in [-0.05, 0) is 0 Å². The molecule has 0 fully saturated rings. The van der Waals surface area contributed by atoms with Crippen LogP contribution in [0, 0.1) is 0 Å². The monoisotopic (exact) mass is 186 g/mol. The standard InChI is InChI=1S/C6H6N2OS2/c7-6-8-4-3(10)1-2-9-5(4)11-6/h1-2H2,(H2,7,8). The number of nitrogens with two attached hydrogens (primary N) is 1. The van der Waals surface area contributed by atoms with Gasteiger partial charge in [0.05, 0.1) is 6.61 Å². The minimum atomic E-state index is 0.527. The molecule has 0 saturated carbocycles. The molecule has 0 saturated heterocycles. The van der Waals surface area contributed by atoms with Crippen LogP contribution in [-0.4, -0.2) is 16.5 Å². The van der Waals surface area contributed by atoms with Crippen LogP contribution >= 0.6 is 23.6 Å². The molecular weight excluding hydrogens is 180 g/mol. The van der Waals surface area contributed by atoms with E-state index in [4.69, 9.17) is 22.7 Å². The number of nitrogen functional groups attached to an aromatic ring is 1. The first kappa shape index (κ1) is 7.00. The van der Waals surface area contributed by atoms with E-state index in [1.54, 1.807) is 0 Å². The van der Waals surface area contributed by atoms with Crippen molar-refractivity contribution >= 4 is 33.6 Å². The number of aromatic nitrogens is 1. The highest BCUT2D eigenvalue weighted by molar-refractivity contribution is 7.80. The zero-order chi connectivity index (χ0) is 7.84. The van der Waals surface area contributed by atoms with E-state index in [1.165, 1.54) is 11.3 Å². The summed E-state index contributed by atoms with van der Waals surface area (Å²) in [7, 11) is 0. The molecule has 0 radical (unpaired) electrons. The fraction of sp³-hybridized carbons (Fsp3) is 0.333. The van der Waals surface area contributed by atoms with Crippen molar-refractivity contribution in [1.29, 1.82) is 0 Å². The lowest BCUT2D eigenvalue weighted by Crippen LogP contribution is -2.13. The van der Waals surface area contributed by atoms with Crippen molar-refractivity contribution < 1.29 is 4.74 Å². The number of fused-ring (bicyclic) bond motifs is 1. The molecule has 0 unspecified atom stereocenters. The number of anilines is 1. The van der Waals surface area contributed by atoms with Crippen molar-refractivity contribution in [1.82, 2.24) is 4.98 Å². The summed E-state index contributed by atoms with van der Waals surface area (Å²) in [5.74, 6) is 0. The Morgan fingerprint density at radius 3 is 3.18 bits per heavy atom. The van der Waals surface area contributed by atoms with Gasteiger partial charge in [0, 0.05) is 11.3 Å².